The van der Waals surface area contributed by atoms with Crippen LogP contribution in [0.3, 0.4) is 0 Å². The first-order valence-corrected chi connectivity index (χ1v) is 12.3. The summed E-state index contributed by atoms with van der Waals surface area (Å²) in [7, 11) is 2.02. The lowest BCUT2D eigenvalue weighted by Crippen LogP contribution is -2.54. The quantitative estimate of drug-likeness (QED) is 0.457. The Morgan fingerprint density at radius 3 is 2.59 bits per heavy atom. The van der Waals surface area contributed by atoms with Crippen LogP contribution in [0.2, 0.25) is 0 Å². The van der Waals surface area contributed by atoms with E-state index in [0.29, 0.717) is 15.9 Å². The molecule has 1 amide bonds. The minimum atomic E-state index is -1.65. The zero-order valence-electron chi connectivity index (χ0n) is 19.9. The summed E-state index contributed by atoms with van der Waals surface area (Å²) in [6.45, 7) is 1.25. The second-order valence-corrected chi connectivity index (χ2v) is 9.86. The van der Waals surface area contributed by atoms with Crippen LogP contribution >= 0.6 is 0 Å². The zero-order chi connectivity index (χ0) is 24.0. The number of aliphatic hydroxyl groups is 1. The van der Waals surface area contributed by atoms with Gasteiger partial charge in [0, 0.05) is 31.2 Å². The van der Waals surface area contributed by atoms with E-state index in [9.17, 15) is 14.7 Å². The van der Waals surface area contributed by atoms with E-state index in [-0.39, 0.29) is 31.0 Å². The van der Waals surface area contributed by atoms with Crippen molar-refractivity contribution in [3.63, 3.8) is 0 Å². The first-order valence-electron chi connectivity index (χ1n) is 12.3. The molecule has 2 aliphatic rings. The van der Waals surface area contributed by atoms with Gasteiger partial charge in [-0.25, -0.2) is 9.78 Å². The van der Waals surface area contributed by atoms with E-state index in [4.69, 9.17) is 4.74 Å². The van der Waals surface area contributed by atoms with Gasteiger partial charge in [-0.15, -0.1) is 0 Å². The van der Waals surface area contributed by atoms with Crippen LogP contribution in [0.1, 0.15) is 50.5 Å². The van der Waals surface area contributed by atoms with Gasteiger partial charge in [-0.1, -0.05) is 49.6 Å². The number of benzene rings is 1. The molecule has 3 unspecified atom stereocenters. The average molecular weight is 468 g/mol. The monoisotopic (exact) mass is 467 g/mol. The van der Waals surface area contributed by atoms with Crippen molar-refractivity contribution in [3.8, 4) is 0 Å². The summed E-state index contributed by atoms with van der Waals surface area (Å²) in [6.07, 6.45) is 11.2. The zero-order valence-corrected chi connectivity index (χ0v) is 19.9. The van der Waals surface area contributed by atoms with Crippen LogP contribution in [0, 0.1) is 5.92 Å². The molecule has 1 saturated carbocycles. The molecule has 1 aliphatic carbocycles. The summed E-state index contributed by atoms with van der Waals surface area (Å²) >= 11 is 0. The van der Waals surface area contributed by atoms with Crippen LogP contribution in [0.25, 0.3) is 0 Å². The Bertz CT molecular complexity index is 967. The number of rotatable bonds is 8. The minimum absolute atomic E-state index is 0.0112. The van der Waals surface area contributed by atoms with E-state index in [1.165, 1.54) is 12.4 Å². The van der Waals surface area contributed by atoms with E-state index in [1.54, 1.807) is 6.20 Å². The highest BCUT2D eigenvalue weighted by atomic mass is 16.6. The molecule has 0 bridgehead atoms. The van der Waals surface area contributed by atoms with E-state index in [2.05, 4.69) is 15.3 Å². The molecule has 1 aromatic heterocycles. The molecule has 34 heavy (non-hydrogen) atoms. The van der Waals surface area contributed by atoms with Crippen LogP contribution in [0.15, 0.2) is 48.9 Å². The summed E-state index contributed by atoms with van der Waals surface area (Å²) in [5.74, 6) is -0.461. The number of nitrogens with zero attached hydrogens (tertiary/aromatic N) is 3. The van der Waals surface area contributed by atoms with Crippen molar-refractivity contribution in [2.24, 2.45) is 5.92 Å². The van der Waals surface area contributed by atoms with Gasteiger partial charge < -0.3 is 19.6 Å². The number of esters is 1. The van der Waals surface area contributed by atoms with Crippen molar-refractivity contribution in [1.82, 2.24) is 9.97 Å². The topological polar surface area (TPSA) is 101 Å². The van der Waals surface area contributed by atoms with Gasteiger partial charge in [-0.05, 0) is 18.4 Å². The van der Waals surface area contributed by atoms with Crippen LogP contribution in [-0.2, 0) is 19.9 Å². The average Bonchev–Trinajstić information content (AvgIpc) is 3.23. The third-order valence-electron chi connectivity index (χ3n) is 7.55. The highest BCUT2D eigenvalue weighted by Crippen LogP contribution is 2.40. The Balaban J connectivity index is 1.43. The van der Waals surface area contributed by atoms with Gasteiger partial charge in [-0.2, -0.15) is 0 Å². The summed E-state index contributed by atoms with van der Waals surface area (Å²) in [5.41, 5.74) is -1.05. The third kappa shape index (κ3) is 5.28. The smallest absolute Gasteiger partial charge is 0.343 e. The molecule has 2 heterocycles. The van der Waals surface area contributed by atoms with E-state index < -0.39 is 11.6 Å². The maximum absolute atomic E-state index is 13.4. The number of carbonyl (C=O) groups is 2. The van der Waals surface area contributed by atoms with Crippen LogP contribution < -0.4 is 5.32 Å². The number of hydrogen-bond donors (Lipinski definition) is 2. The van der Waals surface area contributed by atoms with E-state index >= 15 is 0 Å². The first kappa shape index (κ1) is 24.3. The second-order valence-electron chi connectivity index (χ2n) is 9.86. The van der Waals surface area contributed by atoms with Gasteiger partial charge >= 0.3 is 5.97 Å². The number of amides is 1. The predicted molar refractivity (Wildman–Crippen MR) is 127 cm³/mol. The minimum Gasteiger partial charge on any atom is -0.457 e. The number of anilines is 1. The molecule has 1 saturated heterocycles. The van der Waals surface area contributed by atoms with E-state index in [0.717, 1.165) is 51.5 Å². The number of likely N-dealkylation sites (tertiary alicyclic amines) is 1. The Morgan fingerprint density at radius 1 is 1.12 bits per heavy atom. The lowest BCUT2D eigenvalue weighted by atomic mass is 9.73. The molecule has 8 nitrogen and oxygen atoms in total. The largest absolute Gasteiger partial charge is 0.457 e. The maximum Gasteiger partial charge on any atom is 0.343 e. The number of carbonyl (C=O) groups excluding carboxylic acids is 2. The number of quaternary nitrogens is 1. The number of likely N-dealkylation sites (N-methyl/N-ethyl adjacent to an activating group) is 1. The summed E-state index contributed by atoms with van der Waals surface area (Å²) < 4.78 is 6.31. The molecule has 3 atom stereocenters. The fourth-order valence-corrected chi connectivity index (χ4v) is 5.54. The van der Waals surface area contributed by atoms with Gasteiger partial charge in [0.25, 0.3) is 5.91 Å². The summed E-state index contributed by atoms with van der Waals surface area (Å²) in [5, 5.41) is 14.5. The molecule has 1 aliphatic heterocycles. The number of nitrogens with one attached hydrogen (secondary N) is 1. The molecule has 0 radical (unpaired) electrons. The highest BCUT2D eigenvalue weighted by molar-refractivity contribution is 5.90. The molecule has 0 spiro atoms. The lowest BCUT2D eigenvalue weighted by Gasteiger charge is -2.38. The Kier molecular flexibility index (Phi) is 7.58. The lowest BCUT2D eigenvalue weighted by molar-refractivity contribution is -0.913. The van der Waals surface area contributed by atoms with Gasteiger partial charge in [0.1, 0.15) is 12.6 Å². The highest BCUT2D eigenvalue weighted by Gasteiger charge is 2.48. The predicted octanol–water partition coefficient (Wildman–Crippen LogP) is 3.04. The Labute approximate surface area is 201 Å². The van der Waals surface area contributed by atoms with Crippen LogP contribution in [0.4, 0.5) is 5.82 Å². The van der Waals surface area contributed by atoms with Gasteiger partial charge in [0.15, 0.2) is 18.0 Å². The Morgan fingerprint density at radius 2 is 1.88 bits per heavy atom. The van der Waals surface area contributed by atoms with Crippen LogP contribution in [-0.4, -0.2) is 64.2 Å². The summed E-state index contributed by atoms with van der Waals surface area (Å²) in [6, 6.07) is 9.17. The molecular formula is C26H35N4O4+. The molecule has 4 rings (SSSR count). The standard InChI is InChI=1S/C26H34N4O4/c1-30(18-24(31)29-23-17-27-14-15-28-23)16-8-13-22(30)19-34-25(32)26(33,20-9-4-2-5-10-20)21-11-6-3-7-12-21/h2,4-5,9-10,14-15,17,21-22,33H,3,6-8,11-13,16,18-19H2,1H3/p+1. The molecule has 1 aromatic carbocycles. The van der Waals surface area contributed by atoms with Crippen LogP contribution in [0.5, 0.6) is 0 Å². The fourth-order valence-electron chi connectivity index (χ4n) is 5.54. The number of ether oxygens (including phenoxy) is 1. The third-order valence-corrected chi connectivity index (χ3v) is 7.55. The van der Waals surface area contributed by atoms with Crippen molar-refractivity contribution < 1.29 is 23.9 Å². The normalized spacial score (nSPS) is 24.8. The van der Waals surface area contributed by atoms with Gasteiger partial charge in [0.05, 0.1) is 19.8 Å². The van der Waals surface area contributed by atoms with Gasteiger partial charge in [0.2, 0.25) is 0 Å². The molecule has 2 fully saturated rings. The second kappa shape index (κ2) is 10.6. The molecule has 2 aromatic rings. The van der Waals surface area contributed by atoms with Crippen molar-refractivity contribution >= 4 is 17.7 Å². The van der Waals surface area contributed by atoms with Crippen molar-refractivity contribution in [3.05, 3.63) is 54.5 Å². The van der Waals surface area contributed by atoms with Crippen molar-refractivity contribution in [2.45, 2.75) is 56.6 Å². The van der Waals surface area contributed by atoms with Crippen molar-refractivity contribution in [1.29, 1.82) is 0 Å². The molecule has 8 heteroatoms. The first-order chi connectivity index (χ1) is 16.4. The molecule has 2 N–H and O–H groups in total. The molecular weight excluding hydrogens is 432 g/mol. The number of aromatic nitrogens is 2. The van der Waals surface area contributed by atoms with E-state index in [1.807, 2.05) is 37.4 Å². The Hall–Kier alpha value is -2.84. The SMILES string of the molecule is C[N+]1(CC(=O)Nc2cnccn2)CCCC1COC(=O)C(O)(c1ccccc1)C1CCCCC1. The number of hydrogen-bond acceptors (Lipinski definition) is 6. The van der Waals surface area contributed by atoms with Gasteiger partial charge in [-0.3, -0.25) is 9.78 Å². The maximum atomic E-state index is 13.4. The molecule has 182 valence electrons. The summed E-state index contributed by atoms with van der Waals surface area (Å²) in [4.78, 5) is 34.2. The fraction of sp³-hybridized carbons (Fsp3) is 0.538. The van der Waals surface area contributed by atoms with Crippen molar-refractivity contribution in [2.75, 3.05) is 32.1 Å².